The standard InChI is InChI=1S/C12H14O/c1-3-4-9-12(13)11-8-6-5-7-10(11)2/h4-9H,3H2,1-2H3/b9-4+. The fourth-order valence-electron chi connectivity index (χ4n) is 1.16. The van der Waals surface area contributed by atoms with Crippen molar-refractivity contribution in [2.24, 2.45) is 0 Å². The number of ketones is 1. The van der Waals surface area contributed by atoms with E-state index in [9.17, 15) is 4.79 Å². The largest absolute Gasteiger partial charge is 0.289 e. The van der Waals surface area contributed by atoms with Gasteiger partial charge in [0, 0.05) is 5.56 Å². The Morgan fingerprint density at radius 3 is 2.69 bits per heavy atom. The molecule has 0 unspecified atom stereocenters. The van der Waals surface area contributed by atoms with Crippen molar-refractivity contribution in [3.8, 4) is 0 Å². The van der Waals surface area contributed by atoms with E-state index >= 15 is 0 Å². The summed E-state index contributed by atoms with van der Waals surface area (Å²) in [5.41, 5.74) is 1.83. The lowest BCUT2D eigenvalue weighted by Gasteiger charge is -1.99. The molecular formula is C12H14O. The highest BCUT2D eigenvalue weighted by Gasteiger charge is 2.02. The van der Waals surface area contributed by atoms with Crippen LogP contribution in [0.2, 0.25) is 0 Å². The Hall–Kier alpha value is -1.37. The first-order valence-corrected chi connectivity index (χ1v) is 4.52. The fourth-order valence-corrected chi connectivity index (χ4v) is 1.16. The molecule has 0 aliphatic heterocycles. The molecule has 0 amide bonds. The zero-order valence-electron chi connectivity index (χ0n) is 8.08. The van der Waals surface area contributed by atoms with Gasteiger partial charge in [-0.25, -0.2) is 0 Å². The molecule has 13 heavy (non-hydrogen) atoms. The molecule has 1 aromatic carbocycles. The molecule has 0 atom stereocenters. The number of allylic oxidation sites excluding steroid dienone is 2. The van der Waals surface area contributed by atoms with Gasteiger partial charge in [-0.3, -0.25) is 4.79 Å². The average Bonchev–Trinajstić information content (AvgIpc) is 2.15. The predicted octanol–water partition coefficient (Wildman–Crippen LogP) is 3.14. The molecule has 0 aliphatic rings. The van der Waals surface area contributed by atoms with Crippen molar-refractivity contribution in [1.29, 1.82) is 0 Å². The summed E-state index contributed by atoms with van der Waals surface area (Å²) in [4.78, 5) is 11.5. The molecule has 1 nitrogen and oxygen atoms in total. The predicted molar refractivity (Wildman–Crippen MR) is 54.9 cm³/mol. The van der Waals surface area contributed by atoms with E-state index in [1.54, 1.807) is 6.08 Å². The molecule has 0 fully saturated rings. The molecular weight excluding hydrogens is 160 g/mol. The molecule has 0 bridgehead atoms. The summed E-state index contributed by atoms with van der Waals surface area (Å²) in [7, 11) is 0. The smallest absolute Gasteiger partial charge is 0.185 e. The van der Waals surface area contributed by atoms with Crippen molar-refractivity contribution in [2.45, 2.75) is 20.3 Å². The maximum atomic E-state index is 11.5. The highest BCUT2D eigenvalue weighted by molar-refractivity contribution is 6.05. The molecule has 68 valence electrons. The average molecular weight is 174 g/mol. The Labute approximate surface area is 79.1 Å². The number of carbonyl (C=O) groups is 1. The van der Waals surface area contributed by atoms with Gasteiger partial charge in [0.25, 0.3) is 0 Å². The van der Waals surface area contributed by atoms with Crippen LogP contribution in [0.4, 0.5) is 0 Å². The van der Waals surface area contributed by atoms with Crippen LogP contribution in [-0.2, 0) is 0 Å². The summed E-state index contributed by atoms with van der Waals surface area (Å²) in [5, 5.41) is 0. The molecule has 0 saturated heterocycles. The first kappa shape index (κ1) is 9.72. The second-order valence-corrected chi connectivity index (χ2v) is 2.99. The van der Waals surface area contributed by atoms with Crippen LogP contribution in [0.15, 0.2) is 36.4 Å². The van der Waals surface area contributed by atoms with Crippen LogP contribution in [0.1, 0.15) is 29.3 Å². The third-order valence-electron chi connectivity index (χ3n) is 1.92. The van der Waals surface area contributed by atoms with E-state index in [-0.39, 0.29) is 5.78 Å². The summed E-state index contributed by atoms with van der Waals surface area (Å²) in [5.74, 6) is 0.0972. The quantitative estimate of drug-likeness (QED) is 0.508. The maximum Gasteiger partial charge on any atom is 0.185 e. The van der Waals surface area contributed by atoms with Gasteiger partial charge in [0.1, 0.15) is 0 Å². The van der Waals surface area contributed by atoms with Crippen LogP contribution in [0, 0.1) is 6.92 Å². The van der Waals surface area contributed by atoms with Gasteiger partial charge >= 0.3 is 0 Å². The van der Waals surface area contributed by atoms with Crippen LogP contribution >= 0.6 is 0 Å². The van der Waals surface area contributed by atoms with Gasteiger partial charge in [-0.2, -0.15) is 0 Å². The Morgan fingerprint density at radius 1 is 1.38 bits per heavy atom. The van der Waals surface area contributed by atoms with Crippen molar-refractivity contribution in [3.63, 3.8) is 0 Å². The SMILES string of the molecule is CC/C=C/C(=O)c1ccccc1C. The minimum Gasteiger partial charge on any atom is -0.289 e. The van der Waals surface area contributed by atoms with Crippen molar-refractivity contribution < 1.29 is 4.79 Å². The Bertz CT molecular complexity index is 324. The van der Waals surface area contributed by atoms with Crippen LogP contribution in [0.3, 0.4) is 0 Å². The van der Waals surface area contributed by atoms with Crippen molar-refractivity contribution in [1.82, 2.24) is 0 Å². The van der Waals surface area contributed by atoms with Gasteiger partial charge < -0.3 is 0 Å². The lowest BCUT2D eigenvalue weighted by molar-refractivity contribution is 0.104. The highest BCUT2D eigenvalue weighted by Crippen LogP contribution is 2.08. The van der Waals surface area contributed by atoms with Gasteiger partial charge in [-0.05, 0) is 25.0 Å². The van der Waals surface area contributed by atoms with E-state index in [0.29, 0.717) is 0 Å². The lowest BCUT2D eigenvalue weighted by atomic mass is 10.0. The molecule has 0 aromatic heterocycles. The van der Waals surface area contributed by atoms with Crippen LogP contribution < -0.4 is 0 Å². The molecule has 1 heteroatoms. The zero-order chi connectivity index (χ0) is 9.68. The van der Waals surface area contributed by atoms with E-state index in [1.807, 2.05) is 44.2 Å². The number of carbonyl (C=O) groups excluding carboxylic acids is 1. The van der Waals surface area contributed by atoms with E-state index < -0.39 is 0 Å². The van der Waals surface area contributed by atoms with Crippen LogP contribution in [-0.4, -0.2) is 5.78 Å². The number of hydrogen-bond acceptors (Lipinski definition) is 1. The highest BCUT2D eigenvalue weighted by atomic mass is 16.1. The minimum atomic E-state index is 0.0972. The minimum absolute atomic E-state index is 0.0972. The van der Waals surface area contributed by atoms with E-state index in [2.05, 4.69) is 0 Å². The number of rotatable bonds is 3. The van der Waals surface area contributed by atoms with Gasteiger partial charge in [0.05, 0.1) is 0 Å². The molecule has 0 N–H and O–H groups in total. The van der Waals surface area contributed by atoms with E-state index in [0.717, 1.165) is 17.5 Å². The second-order valence-electron chi connectivity index (χ2n) is 2.99. The Kier molecular flexibility index (Phi) is 3.44. The normalized spacial score (nSPS) is 10.6. The lowest BCUT2D eigenvalue weighted by Crippen LogP contribution is -1.96. The van der Waals surface area contributed by atoms with Crippen molar-refractivity contribution in [3.05, 3.63) is 47.5 Å². The molecule has 1 rings (SSSR count). The number of benzene rings is 1. The first-order valence-electron chi connectivity index (χ1n) is 4.52. The number of aryl methyl sites for hydroxylation is 1. The Balaban J connectivity index is 2.89. The van der Waals surface area contributed by atoms with Gasteiger partial charge in [-0.1, -0.05) is 37.3 Å². The van der Waals surface area contributed by atoms with E-state index in [1.165, 1.54) is 0 Å². The molecule has 0 spiro atoms. The fraction of sp³-hybridized carbons (Fsp3) is 0.250. The number of hydrogen-bond donors (Lipinski definition) is 0. The van der Waals surface area contributed by atoms with E-state index in [4.69, 9.17) is 0 Å². The van der Waals surface area contributed by atoms with Crippen LogP contribution in [0.5, 0.6) is 0 Å². The monoisotopic (exact) mass is 174 g/mol. The zero-order valence-corrected chi connectivity index (χ0v) is 8.08. The summed E-state index contributed by atoms with van der Waals surface area (Å²) in [6.07, 6.45) is 4.43. The van der Waals surface area contributed by atoms with Gasteiger partial charge in [0.2, 0.25) is 0 Å². The third-order valence-corrected chi connectivity index (χ3v) is 1.92. The summed E-state index contributed by atoms with van der Waals surface area (Å²) < 4.78 is 0. The summed E-state index contributed by atoms with van der Waals surface area (Å²) >= 11 is 0. The maximum absolute atomic E-state index is 11.5. The molecule has 1 aromatic rings. The Morgan fingerprint density at radius 2 is 2.08 bits per heavy atom. The first-order chi connectivity index (χ1) is 6.25. The van der Waals surface area contributed by atoms with Gasteiger partial charge in [0.15, 0.2) is 5.78 Å². The second kappa shape index (κ2) is 4.61. The van der Waals surface area contributed by atoms with Crippen molar-refractivity contribution >= 4 is 5.78 Å². The summed E-state index contributed by atoms with van der Waals surface area (Å²) in [6, 6.07) is 7.64. The topological polar surface area (TPSA) is 17.1 Å². The molecule has 0 heterocycles. The molecule has 0 saturated carbocycles. The van der Waals surface area contributed by atoms with Crippen molar-refractivity contribution in [2.75, 3.05) is 0 Å². The molecule has 0 radical (unpaired) electrons. The molecule has 0 aliphatic carbocycles. The van der Waals surface area contributed by atoms with Crippen LogP contribution in [0.25, 0.3) is 0 Å². The van der Waals surface area contributed by atoms with Gasteiger partial charge in [-0.15, -0.1) is 0 Å². The third kappa shape index (κ3) is 2.55. The summed E-state index contributed by atoms with van der Waals surface area (Å²) in [6.45, 7) is 3.97.